The minimum Gasteiger partial charge on any atom is -0.381 e. The zero-order valence-corrected chi connectivity index (χ0v) is 10.9. The molecule has 0 saturated carbocycles. The number of aryl methyl sites for hydroxylation is 1. The quantitative estimate of drug-likeness (QED) is 0.625. The van der Waals surface area contributed by atoms with Crippen molar-refractivity contribution < 1.29 is 4.74 Å². The average molecular weight is 247 g/mol. The third kappa shape index (κ3) is 2.64. The Morgan fingerprint density at radius 1 is 1.28 bits per heavy atom. The van der Waals surface area contributed by atoms with E-state index in [9.17, 15) is 0 Å². The van der Waals surface area contributed by atoms with E-state index in [0.29, 0.717) is 6.54 Å². The molecular weight excluding hydrogens is 226 g/mol. The smallest absolute Gasteiger partial charge is 0.185 e. The van der Waals surface area contributed by atoms with Crippen LogP contribution in [-0.2, 0) is 10.2 Å². The van der Waals surface area contributed by atoms with Gasteiger partial charge in [-0.1, -0.05) is 24.3 Å². The maximum Gasteiger partial charge on any atom is 0.185 e. The van der Waals surface area contributed by atoms with E-state index < -0.39 is 0 Å². The Morgan fingerprint density at radius 3 is 2.56 bits per heavy atom. The summed E-state index contributed by atoms with van der Waals surface area (Å²) in [7, 11) is 0. The highest BCUT2D eigenvalue weighted by Gasteiger charge is 2.35. The van der Waals surface area contributed by atoms with E-state index in [1.54, 1.807) is 0 Å². The van der Waals surface area contributed by atoms with Crippen LogP contribution < -0.4 is 11.5 Å². The second-order valence-corrected chi connectivity index (χ2v) is 4.95. The minimum atomic E-state index is 0.0214. The van der Waals surface area contributed by atoms with E-state index in [1.165, 1.54) is 11.1 Å². The molecule has 2 rings (SSSR count). The molecule has 1 aromatic rings. The molecule has 0 amide bonds. The van der Waals surface area contributed by atoms with Gasteiger partial charge in [-0.05, 0) is 30.9 Å². The zero-order chi connectivity index (χ0) is 13.0. The maximum absolute atomic E-state index is 5.48. The Morgan fingerprint density at radius 2 is 1.94 bits per heavy atom. The van der Waals surface area contributed by atoms with Gasteiger partial charge < -0.3 is 16.2 Å². The monoisotopic (exact) mass is 247 g/mol. The largest absolute Gasteiger partial charge is 0.381 e. The number of nitrogens with zero attached hydrogens (tertiary/aromatic N) is 1. The van der Waals surface area contributed by atoms with E-state index in [4.69, 9.17) is 16.2 Å². The van der Waals surface area contributed by atoms with Crippen molar-refractivity contribution in [3.8, 4) is 0 Å². The van der Waals surface area contributed by atoms with Crippen LogP contribution >= 0.6 is 0 Å². The van der Waals surface area contributed by atoms with Gasteiger partial charge in [0, 0.05) is 18.6 Å². The number of ether oxygens (including phenoxy) is 1. The summed E-state index contributed by atoms with van der Waals surface area (Å²) in [6, 6.07) is 8.46. The number of rotatable bonds is 3. The minimum absolute atomic E-state index is 0.0214. The molecule has 0 bridgehead atoms. The Labute approximate surface area is 108 Å². The molecule has 1 aromatic carbocycles. The summed E-state index contributed by atoms with van der Waals surface area (Å²) in [6.45, 7) is 4.33. The Hall–Kier alpha value is -1.55. The van der Waals surface area contributed by atoms with Crippen LogP contribution in [0.25, 0.3) is 0 Å². The molecule has 4 nitrogen and oxygen atoms in total. The number of hydrogen-bond donors (Lipinski definition) is 2. The van der Waals surface area contributed by atoms with Gasteiger partial charge in [0.25, 0.3) is 0 Å². The van der Waals surface area contributed by atoms with Crippen molar-refractivity contribution in [3.63, 3.8) is 0 Å². The molecule has 0 unspecified atom stereocenters. The van der Waals surface area contributed by atoms with Gasteiger partial charge >= 0.3 is 0 Å². The second-order valence-electron chi connectivity index (χ2n) is 4.95. The molecular formula is C14H21N3O. The van der Waals surface area contributed by atoms with Crippen molar-refractivity contribution >= 4 is 5.96 Å². The van der Waals surface area contributed by atoms with Crippen LogP contribution in [0.4, 0.5) is 0 Å². The summed E-state index contributed by atoms with van der Waals surface area (Å²) in [4.78, 5) is 4.25. The van der Waals surface area contributed by atoms with Gasteiger partial charge in [-0.2, -0.15) is 0 Å². The van der Waals surface area contributed by atoms with Crippen molar-refractivity contribution in [1.29, 1.82) is 0 Å². The van der Waals surface area contributed by atoms with E-state index in [2.05, 4.69) is 36.2 Å². The Bertz CT molecular complexity index is 432. The summed E-state index contributed by atoms with van der Waals surface area (Å²) in [5.41, 5.74) is 13.6. The molecule has 0 spiro atoms. The molecule has 1 fully saturated rings. The van der Waals surface area contributed by atoms with E-state index >= 15 is 0 Å². The number of hydrogen-bond acceptors (Lipinski definition) is 2. The molecule has 0 radical (unpaired) electrons. The first-order valence-corrected chi connectivity index (χ1v) is 6.33. The van der Waals surface area contributed by atoms with Crippen LogP contribution in [0.3, 0.4) is 0 Å². The molecule has 1 aliphatic rings. The van der Waals surface area contributed by atoms with Crippen LogP contribution in [0.2, 0.25) is 0 Å². The van der Waals surface area contributed by atoms with Gasteiger partial charge in [0.2, 0.25) is 0 Å². The summed E-state index contributed by atoms with van der Waals surface area (Å²) < 4.78 is 5.48. The first kappa shape index (κ1) is 12.9. The lowest BCUT2D eigenvalue weighted by Gasteiger charge is -2.37. The van der Waals surface area contributed by atoms with Crippen molar-refractivity contribution in [1.82, 2.24) is 0 Å². The third-order valence-electron chi connectivity index (χ3n) is 3.73. The maximum atomic E-state index is 5.48. The number of nitrogens with two attached hydrogens (primary N) is 2. The Balaban J connectivity index is 2.35. The van der Waals surface area contributed by atoms with Gasteiger partial charge in [0.15, 0.2) is 5.96 Å². The summed E-state index contributed by atoms with van der Waals surface area (Å²) >= 11 is 0. The fourth-order valence-electron chi connectivity index (χ4n) is 2.69. The summed E-state index contributed by atoms with van der Waals surface area (Å²) in [6.07, 6.45) is 1.93. The fourth-order valence-corrected chi connectivity index (χ4v) is 2.69. The highest BCUT2D eigenvalue weighted by molar-refractivity contribution is 5.75. The molecule has 0 aromatic heterocycles. The summed E-state index contributed by atoms with van der Waals surface area (Å²) in [5.74, 6) is 0.162. The number of guanidine groups is 1. The lowest BCUT2D eigenvalue weighted by atomic mass is 9.72. The van der Waals surface area contributed by atoms with Gasteiger partial charge in [-0.25, -0.2) is 0 Å². The predicted octanol–water partition coefficient (Wildman–Crippen LogP) is 1.32. The van der Waals surface area contributed by atoms with Gasteiger partial charge in [-0.15, -0.1) is 0 Å². The number of aliphatic imine (C=N–C) groups is 1. The molecule has 4 N–H and O–H groups in total. The van der Waals surface area contributed by atoms with Gasteiger partial charge in [0.05, 0.1) is 6.54 Å². The molecule has 1 saturated heterocycles. The molecule has 1 aliphatic heterocycles. The highest BCUT2D eigenvalue weighted by Crippen LogP contribution is 2.36. The topological polar surface area (TPSA) is 73.6 Å². The fraction of sp³-hybridized carbons (Fsp3) is 0.500. The van der Waals surface area contributed by atoms with Crippen molar-refractivity contribution in [2.75, 3.05) is 19.8 Å². The zero-order valence-electron chi connectivity index (χ0n) is 10.9. The summed E-state index contributed by atoms with van der Waals surface area (Å²) in [5, 5.41) is 0. The van der Waals surface area contributed by atoms with Crippen LogP contribution in [0.1, 0.15) is 24.0 Å². The van der Waals surface area contributed by atoms with Gasteiger partial charge in [0.1, 0.15) is 0 Å². The van der Waals surface area contributed by atoms with E-state index in [1.807, 2.05) is 0 Å². The van der Waals surface area contributed by atoms with Crippen molar-refractivity contribution in [3.05, 3.63) is 35.4 Å². The molecule has 98 valence electrons. The SMILES string of the molecule is Cc1ccccc1C1(CN=C(N)N)CCOCC1. The molecule has 0 atom stereocenters. The van der Waals surface area contributed by atoms with Crippen LogP contribution in [0.5, 0.6) is 0 Å². The second kappa shape index (κ2) is 5.40. The normalized spacial score (nSPS) is 18.3. The number of benzene rings is 1. The van der Waals surface area contributed by atoms with Crippen LogP contribution in [0.15, 0.2) is 29.3 Å². The van der Waals surface area contributed by atoms with Gasteiger partial charge in [-0.3, -0.25) is 4.99 Å². The van der Waals surface area contributed by atoms with E-state index in [0.717, 1.165) is 26.1 Å². The lowest BCUT2D eigenvalue weighted by Crippen LogP contribution is -2.38. The molecule has 1 heterocycles. The first-order valence-electron chi connectivity index (χ1n) is 6.33. The average Bonchev–Trinajstić information content (AvgIpc) is 2.38. The van der Waals surface area contributed by atoms with Crippen molar-refractivity contribution in [2.24, 2.45) is 16.5 Å². The van der Waals surface area contributed by atoms with E-state index in [-0.39, 0.29) is 11.4 Å². The van der Waals surface area contributed by atoms with Crippen molar-refractivity contribution in [2.45, 2.75) is 25.2 Å². The first-order chi connectivity index (χ1) is 8.64. The van der Waals surface area contributed by atoms with Crippen LogP contribution in [0, 0.1) is 6.92 Å². The van der Waals surface area contributed by atoms with Crippen LogP contribution in [-0.4, -0.2) is 25.7 Å². The highest BCUT2D eigenvalue weighted by atomic mass is 16.5. The molecule has 4 heteroatoms. The molecule has 0 aliphatic carbocycles. The lowest BCUT2D eigenvalue weighted by molar-refractivity contribution is 0.0529. The third-order valence-corrected chi connectivity index (χ3v) is 3.73. The Kier molecular flexibility index (Phi) is 3.87. The predicted molar refractivity (Wildman–Crippen MR) is 73.6 cm³/mol. The standard InChI is InChI=1S/C14H21N3O/c1-11-4-2-3-5-12(11)14(10-17-13(15)16)6-8-18-9-7-14/h2-5H,6-10H2,1H3,(H4,15,16,17). The molecule has 18 heavy (non-hydrogen) atoms.